The minimum absolute atomic E-state index is 0.284. The highest BCUT2D eigenvalue weighted by Crippen LogP contribution is 2.36. The molecule has 120 valence electrons. The van der Waals surface area contributed by atoms with Gasteiger partial charge in [0.05, 0.1) is 5.69 Å². The Balaban J connectivity index is 1.77. The molecule has 0 heterocycles. The molecule has 4 heteroatoms. The standard InChI is InChI=1S/C19H21FN2S/c1-14(16-11-12-16)22(13-15-7-3-2-4-8-15)19(23)21-18-10-6-5-9-17(18)20/h2-10,14,16H,11-13H2,1H3,(H,21,23)/t14-/m1/s1. The van der Waals surface area contributed by atoms with Crippen LogP contribution in [-0.2, 0) is 6.54 Å². The maximum absolute atomic E-state index is 13.9. The lowest BCUT2D eigenvalue weighted by Gasteiger charge is -2.32. The molecule has 23 heavy (non-hydrogen) atoms. The molecule has 0 aliphatic heterocycles. The lowest BCUT2D eigenvalue weighted by Crippen LogP contribution is -2.42. The summed E-state index contributed by atoms with van der Waals surface area (Å²) in [4.78, 5) is 2.18. The van der Waals surface area contributed by atoms with Crippen LogP contribution >= 0.6 is 12.2 Å². The van der Waals surface area contributed by atoms with Crippen molar-refractivity contribution in [2.24, 2.45) is 5.92 Å². The van der Waals surface area contributed by atoms with Crippen LogP contribution < -0.4 is 5.32 Å². The van der Waals surface area contributed by atoms with Crippen LogP contribution in [0, 0.1) is 11.7 Å². The third kappa shape index (κ3) is 4.08. The highest BCUT2D eigenvalue weighted by molar-refractivity contribution is 7.80. The molecule has 0 saturated heterocycles. The first kappa shape index (κ1) is 15.9. The summed E-state index contributed by atoms with van der Waals surface area (Å²) in [7, 11) is 0. The maximum atomic E-state index is 13.9. The number of halogens is 1. The van der Waals surface area contributed by atoms with Gasteiger partial charge in [0, 0.05) is 12.6 Å². The second-order valence-corrected chi connectivity index (χ2v) is 6.49. The summed E-state index contributed by atoms with van der Waals surface area (Å²) in [5.41, 5.74) is 1.64. The van der Waals surface area contributed by atoms with Gasteiger partial charge in [-0.3, -0.25) is 0 Å². The Labute approximate surface area is 142 Å². The molecule has 0 bridgehead atoms. The molecule has 1 aliphatic carbocycles. The first-order valence-corrected chi connectivity index (χ1v) is 8.42. The Hall–Kier alpha value is -1.94. The van der Waals surface area contributed by atoms with E-state index in [4.69, 9.17) is 12.2 Å². The molecular weight excluding hydrogens is 307 g/mol. The number of hydrogen-bond donors (Lipinski definition) is 1. The van der Waals surface area contributed by atoms with Crippen LogP contribution in [0.2, 0.25) is 0 Å². The van der Waals surface area contributed by atoms with E-state index in [0.717, 1.165) is 6.54 Å². The molecule has 0 radical (unpaired) electrons. The van der Waals surface area contributed by atoms with Gasteiger partial charge < -0.3 is 10.2 Å². The van der Waals surface area contributed by atoms with E-state index in [-0.39, 0.29) is 5.82 Å². The molecule has 0 spiro atoms. The predicted octanol–water partition coefficient (Wildman–Crippen LogP) is 4.82. The van der Waals surface area contributed by atoms with Gasteiger partial charge in [-0.2, -0.15) is 0 Å². The first-order valence-electron chi connectivity index (χ1n) is 8.01. The number of hydrogen-bond acceptors (Lipinski definition) is 1. The quantitative estimate of drug-likeness (QED) is 0.792. The fraction of sp³-hybridized carbons (Fsp3) is 0.316. The number of thiocarbonyl (C=S) groups is 1. The summed E-state index contributed by atoms with van der Waals surface area (Å²) in [6.07, 6.45) is 2.49. The molecule has 3 rings (SSSR count). The van der Waals surface area contributed by atoms with Gasteiger partial charge in [0.1, 0.15) is 5.82 Å². The Kier molecular flexibility index (Phi) is 4.91. The third-order valence-corrected chi connectivity index (χ3v) is 4.70. The van der Waals surface area contributed by atoms with E-state index in [2.05, 4.69) is 29.3 Å². The van der Waals surface area contributed by atoms with Crippen molar-refractivity contribution in [3.05, 3.63) is 66.0 Å². The van der Waals surface area contributed by atoms with E-state index in [9.17, 15) is 4.39 Å². The largest absolute Gasteiger partial charge is 0.342 e. The third-order valence-electron chi connectivity index (χ3n) is 4.37. The zero-order valence-electron chi connectivity index (χ0n) is 13.2. The molecule has 0 amide bonds. The molecular formula is C19H21FN2S. The second-order valence-electron chi connectivity index (χ2n) is 6.10. The van der Waals surface area contributed by atoms with Crippen LogP contribution in [-0.4, -0.2) is 16.1 Å². The van der Waals surface area contributed by atoms with Gasteiger partial charge in [0.2, 0.25) is 0 Å². The van der Waals surface area contributed by atoms with Crippen LogP contribution in [0.3, 0.4) is 0 Å². The zero-order chi connectivity index (χ0) is 16.2. The second kappa shape index (κ2) is 7.09. The van der Waals surface area contributed by atoms with Crippen LogP contribution in [0.25, 0.3) is 0 Å². The van der Waals surface area contributed by atoms with Crippen molar-refractivity contribution in [3.63, 3.8) is 0 Å². The van der Waals surface area contributed by atoms with E-state index in [1.807, 2.05) is 18.2 Å². The van der Waals surface area contributed by atoms with Gasteiger partial charge in [0.25, 0.3) is 0 Å². The predicted molar refractivity (Wildman–Crippen MR) is 96.8 cm³/mol. The summed E-state index contributed by atoms with van der Waals surface area (Å²) in [6, 6.07) is 17.2. The molecule has 0 aromatic heterocycles. The fourth-order valence-corrected chi connectivity index (χ4v) is 3.10. The first-order chi connectivity index (χ1) is 11.1. The van der Waals surface area contributed by atoms with Crippen LogP contribution in [0.15, 0.2) is 54.6 Å². The van der Waals surface area contributed by atoms with E-state index >= 15 is 0 Å². The topological polar surface area (TPSA) is 15.3 Å². The van der Waals surface area contributed by atoms with Crippen molar-refractivity contribution < 1.29 is 4.39 Å². The van der Waals surface area contributed by atoms with E-state index in [1.165, 1.54) is 24.5 Å². The minimum Gasteiger partial charge on any atom is -0.342 e. The normalized spacial score (nSPS) is 15.0. The van der Waals surface area contributed by atoms with Crippen molar-refractivity contribution in [1.82, 2.24) is 4.90 Å². The van der Waals surface area contributed by atoms with Gasteiger partial charge in [0.15, 0.2) is 5.11 Å². The molecule has 2 aromatic rings. The lowest BCUT2D eigenvalue weighted by atomic mass is 10.1. The lowest BCUT2D eigenvalue weighted by molar-refractivity contribution is 0.298. The Morgan fingerprint density at radius 1 is 1.17 bits per heavy atom. The number of anilines is 1. The molecule has 1 fully saturated rings. The fourth-order valence-electron chi connectivity index (χ4n) is 2.76. The van der Waals surface area contributed by atoms with Gasteiger partial charge in [-0.05, 0) is 55.6 Å². The summed E-state index contributed by atoms with van der Waals surface area (Å²) < 4.78 is 13.9. The van der Waals surface area contributed by atoms with E-state index in [0.29, 0.717) is 22.8 Å². The van der Waals surface area contributed by atoms with Crippen molar-refractivity contribution in [3.8, 4) is 0 Å². The van der Waals surface area contributed by atoms with Crippen LogP contribution in [0.1, 0.15) is 25.3 Å². The molecule has 1 atom stereocenters. The molecule has 2 aromatic carbocycles. The van der Waals surface area contributed by atoms with Crippen LogP contribution in [0.5, 0.6) is 0 Å². The van der Waals surface area contributed by atoms with Gasteiger partial charge in [-0.25, -0.2) is 4.39 Å². The molecule has 1 N–H and O–H groups in total. The van der Waals surface area contributed by atoms with Crippen molar-refractivity contribution in [1.29, 1.82) is 0 Å². The SMILES string of the molecule is C[C@H](C1CC1)N(Cc1ccccc1)C(=S)Nc1ccccc1F. The number of nitrogens with zero attached hydrogens (tertiary/aromatic N) is 1. The average Bonchev–Trinajstić information content (AvgIpc) is 3.40. The smallest absolute Gasteiger partial charge is 0.174 e. The highest BCUT2D eigenvalue weighted by Gasteiger charge is 2.33. The van der Waals surface area contributed by atoms with Crippen molar-refractivity contribution in [2.45, 2.75) is 32.4 Å². The summed E-state index contributed by atoms with van der Waals surface area (Å²) in [6.45, 7) is 2.94. The van der Waals surface area contributed by atoms with E-state index < -0.39 is 0 Å². The maximum Gasteiger partial charge on any atom is 0.174 e. The van der Waals surface area contributed by atoms with Gasteiger partial charge >= 0.3 is 0 Å². The number of nitrogens with one attached hydrogen (secondary N) is 1. The summed E-state index contributed by atoms with van der Waals surface area (Å²) in [5.74, 6) is 0.396. The number of benzene rings is 2. The van der Waals surface area contributed by atoms with Crippen molar-refractivity contribution >= 4 is 23.0 Å². The number of rotatable bonds is 5. The van der Waals surface area contributed by atoms with E-state index in [1.54, 1.807) is 18.2 Å². The molecule has 1 aliphatic rings. The minimum atomic E-state index is -0.284. The monoisotopic (exact) mass is 328 g/mol. The van der Waals surface area contributed by atoms with Crippen LogP contribution in [0.4, 0.5) is 10.1 Å². The molecule has 2 nitrogen and oxygen atoms in total. The van der Waals surface area contributed by atoms with Gasteiger partial charge in [-0.1, -0.05) is 42.5 Å². The number of para-hydroxylation sites is 1. The Morgan fingerprint density at radius 3 is 2.48 bits per heavy atom. The summed E-state index contributed by atoms with van der Waals surface area (Å²) >= 11 is 5.59. The highest BCUT2D eigenvalue weighted by atomic mass is 32.1. The Morgan fingerprint density at radius 2 is 1.83 bits per heavy atom. The zero-order valence-corrected chi connectivity index (χ0v) is 14.0. The molecule has 1 saturated carbocycles. The summed E-state index contributed by atoms with van der Waals surface area (Å²) in [5, 5.41) is 3.66. The Bertz CT molecular complexity index is 670. The molecule has 0 unspecified atom stereocenters. The average molecular weight is 328 g/mol. The van der Waals surface area contributed by atoms with Gasteiger partial charge in [-0.15, -0.1) is 0 Å². The van der Waals surface area contributed by atoms with Crippen molar-refractivity contribution in [2.75, 3.05) is 5.32 Å².